The fraction of sp³-hybridized carbons (Fsp3) is 0.762. The van der Waals surface area contributed by atoms with Crippen molar-refractivity contribution in [2.75, 3.05) is 0 Å². The third kappa shape index (κ3) is 10.4. The summed E-state index contributed by atoms with van der Waals surface area (Å²) in [5.74, 6) is -4.14. The zero-order chi connectivity index (χ0) is 23.2. The second-order valence-corrected chi connectivity index (χ2v) is 7.80. The fourth-order valence-electron chi connectivity index (χ4n) is 3.12. The van der Waals surface area contributed by atoms with Gasteiger partial charge in [0.05, 0.1) is 0 Å². The molecule has 1 fully saturated rings. The smallest absolute Gasteiger partial charge is 0.369 e. The van der Waals surface area contributed by atoms with Gasteiger partial charge in [0.15, 0.2) is 6.17 Å². The number of nitrogens with one attached hydrogen (secondary N) is 2. The Hall–Kier alpha value is -2.49. The predicted molar refractivity (Wildman–Crippen MR) is 111 cm³/mol. The van der Waals surface area contributed by atoms with Gasteiger partial charge in [-0.25, -0.2) is 4.79 Å². The van der Waals surface area contributed by atoms with E-state index in [1.54, 1.807) is 0 Å². The van der Waals surface area contributed by atoms with Crippen LogP contribution < -0.4 is 10.6 Å². The van der Waals surface area contributed by atoms with E-state index in [1.807, 2.05) is 0 Å². The topological polar surface area (TPSA) is 142 Å². The lowest BCUT2D eigenvalue weighted by molar-refractivity contribution is -0.199. The molecule has 0 aromatic heterocycles. The normalized spacial score (nSPS) is 15.6. The molecular weight excluding hydrogens is 406 g/mol. The van der Waals surface area contributed by atoms with Crippen molar-refractivity contribution in [1.29, 1.82) is 0 Å². The molecule has 31 heavy (non-hydrogen) atoms. The van der Waals surface area contributed by atoms with Crippen molar-refractivity contribution in [1.82, 2.24) is 15.7 Å². The molecule has 1 aliphatic heterocycles. The van der Waals surface area contributed by atoms with Crippen molar-refractivity contribution in [2.45, 2.75) is 103 Å². The van der Waals surface area contributed by atoms with Gasteiger partial charge >= 0.3 is 11.9 Å². The summed E-state index contributed by atoms with van der Waals surface area (Å²) in [7, 11) is 0. The second-order valence-electron chi connectivity index (χ2n) is 7.80. The molecule has 1 aliphatic rings. The largest absolute Gasteiger partial charge is 0.480 e. The van der Waals surface area contributed by atoms with Crippen LogP contribution in [0.5, 0.6) is 0 Å². The minimum atomic E-state index is -1.50. The zero-order valence-corrected chi connectivity index (χ0v) is 18.5. The van der Waals surface area contributed by atoms with Gasteiger partial charge in [0, 0.05) is 19.3 Å². The number of carboxylic acid groups (broad SMARTS) is 1. The van der Waals surface area contributed by atoms with Gasteiger partial charge in [-0.1, -0.05) is 58.3 Å². The van der Waals surface area contributed by atoms with Crippen LogP contribution in [-0.2, 0) is 28.8 Å². The Morgan fingerprint density at radius 1 is 0.968 bits per heavy atom. The minimum Gasteiger partial charge on any atom is -0.480 e. The van der Waals surface area contributed by atoms with Gasteiger partial charge < -0.3 is 15.3 Å². The lowest BCUT2D eigenvalue weighted by Crippen LogP contribution is -2.57. The third-order valence-corrected chi connectivity index (χ3v) is 5.02. The zero-order valence-electron chi connectivity index (χ0n) is 18.5. The number of nitrogens with zero attached hydrogens (tertiary/aromatic N) is 1. The monoisotopic (exact) mass is 441 g/mol. The highest BCUT2D eigenvalue weighted by Gasteiger charge is 2.36. The molecule has 3 amide bonds. The number of hydrogen-bond donors (Lipinski definition) is 3. The Morgan fingerprint density at radius 3 is 2.00 bits per heavy atom. The molecule has 1 saturated heterocycles. The summed E-state index contributed by atoms with van der Waals surface area (Å²) in [6, 6.07) is -1.17. The van der Waals surface area contributed by atoms with E-state index < -0.39 is 41.9 Å². The lowest BCUT2D eigenvalue weighted by Gasteiger charge is -2.22. The molecule has 0 spiro atoms. The van der Waals surface area contributed by atoms with Crippen molar-refractivity contribution in [3.05, 3.63) is 0 Å². The first kappa shape index (κ1) is 26.5. The molecular formula is C21H35N3O7. The summed E-state index contributed by atoms with van der Waals surface area (Å²) in [5.41, 5.74) is 0. The average Bonchev–Trinajstić information content (AvgIpc) is 3.03. The van der Waals surface area contributed by atoms with E-state index in [0.29, 0.717) is 11.5 Å². The summed E-state index contributed by atoms with van der Waals surface area (Å²) in [6.45, 7) is 3.47. The summed E-state index contributed by atoms with van der Waals surface area (Å²) in [5, 5.41) is 14.2. The van der Waals surface area contributed by atoms with Crippen molar-refractivity contribution >= 4 is 29.7 Å². The maximum Gasteiger partial charge on any atom is 0.369 e. The Kier molecular flexibility index (Phi) is 12.4. The van der Waals surface area contributed by atoms with E-state index >= 15 is 0 Å². The number of rotatable bonds is 16. The number of carboxylic acids is 1. The van der Waals surface area contributed by atoms with Crippen molar-refractivity contribution < 1.29 is 33.9 Å². The first-order valence-electron chi connectivity index (χ1n) is 11.1. The number of amides is 3. The molecule has 0 radical (unpaired) electrons. The molecule has 10 heteroatoms. The fourth-order valence-corrected chi connectivity index (χ4v) is 3.12. The Morgan fingerprint density at radius 2 is 1.48 bits per heavy atom. The number of imide groups is 1. The minimum absolute atomic E-state index is 0.0687. The van der Waals surface area contributed by atoms with Gasteiger partial charge in [0.2, 0.25) is 5.91 Å². The van der Waals surface area contributed by atoms with Gasteiger partial charge in [-0.15, -0.1) is 5.06 Å². The first-order chi connectivity index (χ1) is 14.8. The number of unbranched alkanes of at least 4 members (excludes halogenated alkanes) is 8. The van der Waals surface area contributed by atoms with Crippen LogP contribution in [0.15, 0.2) is 0 Å². The van der Waals surface area contributed by atoms with E-state index in [1.165, 1.54) is 39.0 Å². The highest BCUT2D eigenvalue weighted by Crippen LogP contribution is 2.13. The van der Waals surface area contributed by atoms with Crippen LogP contribution in [-0.4, -0.2) is 52.0 Å². The van der Waals surface area contributed by atoms with E-state index in [2.05, 4.69) is 17.6 Å². The quantitative estimate of drug-likeness (QED) is 0.188. The molecule has 1 heterocycles. The SMILES string of the molecule is CCCCCCCCCCCC(=O)NC(N[C@@H](C)C(=O)O)C(=O)ON1C(=O)CCC1=O. The molecule has 176 valence electrons. The molecule has 1 unspecified atom stereocenters. The Labute approximate surface area is 183 Å². The molecule has 10 nitrogen and oxygen atoms in total. The molecule has 2 atom stereocenters. The van der Waals surface area contributed by atoms with E-state index in [0.717, 1.165) is 19.3 Å². The standard InChI is InChI=1S/C21H35N3O7/c1-3-4-5-6-7-8-9-10-11-12-16(25)23-19(22-15(2)20(28)29)21(30)31-24-17(26)13-14-18(24)27/h15,19,22H,3-14H2,1-2H3,(H,23,25)(H,28,29)/t15-,19?/m0/s1. The third-order valence-electron chi connectivity index (χ3n) is 5.02. The van der Waals surface area contributed by atoms with Crippen LogP contribution in [0, 0.1) is 0 Å². The molecule has 0 aromatic rings. The van der Waals surface area contributed by atoms with Crippen LogP contribution in [0.2, 0.25) is 0 Å². The van der Waals surface area contributed by atoms with E-state index in [4.69, 9.17) is 9.94 Å². The van der Waals surface area contributed by atoms with Gasteiger partial charge in [-0.3, -0.25) is 24.5 Å². The summed E-state index contributed by atoms with van der Waals surface area (Å²) < 4.78 is 0. The molecule has 3 N–H and O–H groups in total. The number of carbonyl (C=O) groups is 5. The Balaban J connectivity index is 2.44. The van der Waals surface area contributed by atoms with E-state index in [-0.39, 0.29) is 19.3 Å². The first-order valence-corrected chi connectivity index (χ1v) is 11.1. The van der Waals surface area contributed by atoms with Crippen LogP contribution >= 0.6 is 0 Å². The van der Waals surface area contributed by atoms with E-state index in [9.17, 15) is 24.0 Å². The van der Waals surface area contributed by atoms with Crippen LogP contribution in [0.4, 0.5) is 0 Å². The lowest BCUT2D eigenvalue weighted by atomic mass is 10.1. The summed E-state index contributed by atoms with van der Waals surface area (Å²) >= 11 is 0. The second kappa shape index (κ2) is 14.5. The molecule has 0 saturated carbocycles. The van der Waals surface area contributed by atoms with Crippen molar-refractivity contribution in [3.63, 3.8) is 0 Å². The number of aliphatic carboxylic acids is 1. The van der Waals surface area contributed by atoms with Gasteiger partial charge in [-0.05, 0) is 13.3 Å². The van der Waals surface area contributed by atoms with Gasteiger partial charge in [-0.2, -0.15) is 0 Å². The Bertz CT molecular complexity index is 622. The highest BCUT2D eigenvalue weighted by molar-refractivity contribution is 6.02. The molecule has 0 aromatic carbocycles. The van der Waals surface area contributed by atoms with Crippen LogP contribution in [0.1, 0.15) is 90.9 Å². The highest BCUT2D eigenvalue weighted by atomic mass is 16.7. The van der Waals surface area contributed by atoms with Crippen molar-refractivity contribution in [3.8, 4) is 0 Å². The number of carbonyl (C=O) groups excluding carboxylic acids is 4. The van der Waals surface area contributed by atoms with Crippen LogP contribution in [0.25, 0.3) is 0 Å². The number of hydrogen-bond acceptors (Lipinski definition) is 7. The predicted octanol–water partition coefficient (Wildman–Crippen LogP) is 2.02. The number of hydroxylamine groups is 2. The maximum absolute atomic E-state index is 12.4. The molecule has 1 rings (SSSR count). The molecule has 0 aliphatic carbocycles. The molecule has 0 bridgehead atoms. The van der Waals surface area contributed by atoms with Gasteiger partial charge in [0.25, 0.3) is 11.8 Å². The average molecular weight is 442 g/mol. The van der Waals surface area contributed by atoms with Gasteiger partial charge in [0.1, 0.15) is 6.04 Å². The van der Waals surface area contributed by atoms with Crippen LogP contribution in [0.3, 0.4) is 0 Å². The summed E-state index contributed by atoms with van der Waals surface area (Å²) in [4.78, 5) is 63.7. The summed E-state index contributed by atoms with van der Waals surface area (Å²) in [6.07, 6.45) is 8.35. The maximum atomic E-state index is 12.4. The van der Waals surface area contributed by atoms with Crippen molar-refractivity contribution in [2.24, 2.45) is 0 Å².